The van der Waals surface area contributed by atoms with Gasteiger partial charge < -0.3 is 9.47 Å². The van der Waals surface area contributed by atoms with Crippen LogP contribution in [0.15, 0.2) is 36.5 Å². The number of pyridine rings is 1. The number of benzene rings is 1. The lowest BCUT2D eigenvalue weighted by Gasteiger charge is -2.05. The highest BCUT2D eigenvalue weighted by Gasteiger charge is 2.16. The van der Waals surface area contributed by atoms with Crippen molar-refractivity contribution in [3.8, 4) is 5.75 Å². The first-order chi connectivity index (χ1) is 12.1. The highest BCUT2D eigenvalue weighted by atomic mass is 35.5. The molecule has 6 nitrogen and oxygen atoms in total. The Balaban J connectivity index is 1.94. The lowest BCUT2D eigenvalue weighted by molar-refractivity contribution is -0.140. The van der Waals surface area contributed by atoms with Crippen LogP contribution in [0.25, 0.3) is 10.9 Å². The SMILES string of the molecule is COC(=O)CCc1nn(Cc2ccc(OC)cc2)c2ccnc(Cl)c12. The number of halogens is 1. The number of nitrogens with zero attached hydrogens (tertiary/aromatic N) is 3. The van der Waals surface area contributed by atoms with Gasteiger partial charge in [-0.3, -0.25) is 9.48 Å². The molecule has 0 radical (unpaired) electrons. The van der Waals surface area contributed by atoms with Crippen LogP contribution < -0.4 is 4.74 Å². The van der Waals surface area contributed by atoms with Gasteiger partial charge in [-0.15, -0.1) is 0 Å². The molecule has 0 N–H and O–H groups in total. The average molecular weight is 360 g/mol. The lowest BCUT2D eigenvalue weighted by Crippen LogP contribution is -2.04. The first-order valence-corrected chi connectivity index (χ1v) is 8.20. The van der Waals surface area contributed by atoms with Crippen LogP contribution >= 0.6 is 11.6 Å². The normalized spacial score (nSPS) is 10.8. The molecule has 2 heterocycles. The predicted octanol–water partition coefficient (Wildman–Crippen LogP) is 3.25. The third kappa shape index (κ3) is 3.74. The van der Waals surface area contributed by atoms with Gasteiger partial charge in [-0.2, -0.15) is 5.10 Å². The number of rotatable bonds is 6. The van der Waals surface area contributed by atoms with E-state index in [1.54, 1.807) is 13.3 Å². The molecule has 0 amide bonds. The van der Waals surface area contributed by atoms with Crippen LogP contribution in [0, 0.1) is 0 Å². The van der Waals surface area contributed by atoms with Gasteiger partial charge >= 0.3 is 5.97 Å². The Labute approximate surface area is 150 Å². The van der Waals surface area contributed by atoms with Crippen molar-refractivity contribution in [2.45, 2.75) is 19.4 Å². The molecule has 7 heteroatoms. The quantitative estimate of drug-likeness (QED) is 0.499. The zero-order valence-electron chi connectivity index (χ0n) is 14.0. The molecule has 0 fully saturated rings. The number of esters is 1. The van der Waals surface area contributed by atoms with Gasteiger partial charge in [0.05, 0.1) is 43.8 Å². The summed E-state index contributed by atoms with van der Waals surface area (Å²) in [4.78, 5) is 15.6. The Morgan fingerprint density at radius 1 is 1.20 bits per heavy atom. The van der Waals surface area contributed by atoms with Crippen LogP contribution in [-0.2, 0) is 22.5 Å². The molecule has 130 valence electrons. The van der Waals surface area contributed by atoms with E-state index in [-0.39, 0.29) is 12.4 Å². The van der Waals surface area contributed by atoms with Crippen LogP contribution in [0.2, 0.25) is 5.15 Å². The third-order valence-electron chi connectivity index (χ3n) is 3.98. The maximum absolute atomic E-state index is 11.4. The summed E-state index contributed by atoms with van der Waals surface area (Å²) in [6, 6.07) is 9.67. The van der Waals surface area contributed by atoms with E-state index in [1.165, 1.54) is 7.11 Å². The highest BCUT2D eigenvalue weighted by Crippen LogP contribution is 2.26. The van der Waals surface area contributed by atoms with Crippen molar-refractivity contribution in [3.05, 3.63) is 52.9 Å². The summed E-state index contributed by atoms with van der Waals surface area (Å²) in [5, 5.41) is 5.81. The van der Waals surface area contributed by atoms with Crippen molar-refractivity contribution in [1.29, 1.82) is 0 Å². The van der Waals surface area contributed by atoms with E-state index in [9.17, 15) is 4.79 Å². The first kappa shape index (κ1) is 17.2. The summed E-state index contributed by atoms with van der Waals surface area (Å²) >= 11 is 6.27. The fraction of sp³-hybridized carbons (Fsp3) is 0.278. The molecule has 0 aliphatic carbocycles. The van der Waals surface area contributed by atoms with Gasteiger partial charge in [-0.25, -0.2) is 4.98 Å². The summed E-state index contributed by atoms with van der Waals surface area (Å²) in [6.07, 6.45) is 2.35. The molecule has 0 saturated heterocycles. The lowest BCUT2D eigenvalue weighted by atomic mass is 10.1. The molecule has 0 spiro atoms. The van der Waals surface area contributed by atoms with Gasteiger partial charge in [0, 0.05) is 12.6 Å². The number of hydrogen-bond donors (Lipinski definition) is 0. The first-order valence-electron chi connectivity index (χ1n) is 7.82. The fourth-order valence-corrected chi connectivity index (χ4v) is 2.94. The summed E-state index contributed by atoms with van der Waals surface area (Å²) in [5.41, 5.74) is 2.71. The average Bonchev–Trinajstić information content (AvgIpc) is 2.99. The van der Waals surface area contributed by atoms with Crippen molar-refractivity contribution in [2.75, 3.05) is 14.2 Å². The Morgan fingerprint density at radius 3 is 2.64 bits per heavy atom. The second kappa shape index (κ2) is 7.53. The number of fused-ring (bicyclic) bond motifs is 1. The van der Waals surface area contributed by atoms with Gasteiger partial charge in [0.2, 0.25) is 0 Å². The third-order valence-corrected chi connectivity index (χ3v) is 4.26. The zero-order valence-corrected chi connectivity index (χ0v) is 14.8. The van der Waals surface area contributed by atoms with E-state index in [4.69, 9.17) is 21.1 Å². The minimum Gasteiger partial charge on any atom is -0.497 e. The minimum atomic E-state index is -0.280. The molecular weight excluding hydrogens is 342 g/mol. The van der Waals surface area contributed by atoms with E-state index in [0.717, 1.165) is 27.9 Å². The molecule has 1 aromatic carbocycles. The van der Waals surface area contributed by atoms with E-state index in [2.05, 4.69) is 10.1 Å². The van der Waals surface area contributed by atoms with Gasteiger partial charge in [0.15, 0.2) is 0 Å². The van der Waals surface area contributed by atoms with Crippen LogP contribution in [0.3, 0.4) is 0 Å². The zero-order chi connectivity index (χ0) is 17.8. The van der Waals surface area contributed by atoms with E-state index in [0.29, 0.717) is 18.1 Å². The number of hydrogen-bond acceptors (Lipinski definition) is 5. The molecule has 0 saturated carbocycles. The van der Waals surface area contributed by atoms with Gasteiger partial charge in [-0.05, 0) is 23.8 Å². The summed E-state index contributed by atoms with van der Waals surface area (Å²) in [6.45, 7) is 0.582. The Hall–Kier alpha value is -2.60. The summed E-state index contributed by atoms with van der Waals surface area (Å²) < 4.78 is 11.8. The van der Waals surface area contributed by atoms with Gasteiger partial charge in [-0.1, -0.05) is 23.7 Å². The second-order valence-corrected chi connectivity index (χ2v) is 5.88. The fourth-order valence-electron chi connectivity index (χ4n) is 2.68. The molecule has 0 aliphatic heterocycles. The molecule has 2 aromatic heterocycles. The topological polar surface area (TPSA) is 66.2 Å². The van der Waals surface area contributed by atoms with Crippen molar-refractivity contribution in [3.63, 3.8) is 0 Å². The van der Waals surface area contributed by atoms with Crippen LogP contribution in [-0.4, -0.2) is 35.0 Å². The molecule has 0 bridgehead atoms. The number of aromatic nitrogens is 3. The van der Waals surface area contributed by atoms with Crippen molar-refractivity contribution >= 4 is 28.5 Å². The number of methoxy groups -OCH3 is 2. The number of aryl methyl sites for hydroxylation is 1. The van der Waals surface area contributed by atoms with Crippen molar-refractivity contribution in [1.82, 2.24) is 14.8 Å². The molecular formula is C18H18ClN3O3. The van der Waals surface area contributed by atoms with Crippen LogP contribution in [0.4, 0.5) is 0 Å². The standard InChI is InChI=1S/C18H18ClN3O3/c1-24-13-5-3-12(4-6-13)11-22-15-9-10-20-18(19)17(15)14(21-22)7-8-16(23)25-2/h3-6,9-10H,7-8,11H2,1-2H3. The van der Waals surface area contributed by atoms with E-state index >= 15 is 0 Å². The van der Waals surface area contributed by atoms with E-state index < -0.39 is 0 Å². The number of carbonyl (C=O) groups excluding carboxylic acids is 1. The molecule has 3 rings (SSSR count). The molecule has 3 aromatic rings. The second-order valence-electron chi connectivity index (χ2n) is 5.52. The Kier molecular flexibility index (Phi) is 5.19. The highest BCUT2D eigenvalue weighted by molar-refractivity contribution is 6.34. The molecule has 0 atom stereocenters. The predicted molar refractivity (Wildman–Crippen MR) is 95.0 cm³/mol. The Morgan fingerprint density at radius 2 is 1.96 bits per heavy atom. The molecule has 0 unspecified atom stereocenters. The van der Waals surface area contributed by atoms with Gasteiger partial charge in [0.1, 0.15) is 10.9 Å². The van der Waals surface area contributed by atoms with E-state index in [1.807, 2.05) is 35.0 Å². The summed E-state index contributed by atoms with van der Waals surface area (Å²) in [5.74, 6) is 0.526. The Bertz CT molecular complexity index is 890. The number of carbonyl (C=O) groups is 1. The maximum atomic E-state index is 11.4. The van der Waals surface area contributed by atoms with Crippen LogP contribution in [0.5, 0.6) is 5.75 Å². The summed E-state index contributed by atoms with van der Waals surface area (Å²) in [7, 11) is 3.01. The maximum Gasteiger partial charge on any atom is 0.305 e. The van der Waals surface area contributed by atoms with Crippen molar-refractivity contribution in [2.24, 2.45) is 0 Å². The number of ether oxygens (including phenoxy) is 2. The van der Waals surface area contributed by atoms with Crippen molar-refractivity contribution < 1.29 is 14.3 Å². The monoisotopic (exact) mass is 359 g/mol. The van der Waals surface area contributed by atoms with Gasteiger partial charge in [0.25, 0.3) is 0 Å². The minimum absolute atomic E-state index is 0.246. The molecule has 25 heavy (non-hydrogen) atoms. The smallest absolute Gasteiger partial charge is 0.305 e. The largest absolute Gasteiger partial charge is 0.497 e. The molecule has 0 aliphatic rings. The van der Waals surface area contributed by atoms with Crippen LogP contribution in [0.1, 0.15) is 17.7 Å².